The number of benzene rings is 2. The van der Waals surface area contributed by atoms with Gasteiger partial charge in [-0.05, 0) is 36.4 Å². The number of para-hydroxylation sites is 1. The lowest BCUT2D eigenvalue weighted by molar-refractivity contribution is -0.0498. The van der Waals surface area contributed by atoms with E-state index in [1.165, 1.54) is 28.6 Å². The topological polar surface area (TPSA) is 75.2 Å². The highest BCUT2D eigenvalue weighted by Gasteiger charge is 2.13. The molecule has 0 spiro atoms. The number of nitrogens with two attached hydrogens (primary N) is 1. The quantitative estimate of drug-likeness (QED) is 0.368. The van der Waals surface area contributed by atoms with E-state index in [1.54, 1.807) is 12.1 Å². The molecule has 0 fully saturated rings. The highest BCUT2D eigenvalue weighted by molar-refractivity contribution is 7.99. The zero-order valence-electron chi connectivity index (χ0n) is 13.6. The van der Waals surface area contributed by atoms with Crippen LogP contribution in [0.2, 0.25) is 0 Å². The largest absolute Gasteiger partial charge is 0.493 e. The SMILES string of the molecule is Nn1c(SCCOc2ccccc2)nnc1-c1ccc(OC(F)F)cc1. The van der Waals surface area contributed by atoms with Gasteiger partial charge in [0.2, 0.25) is 5.16 Å². The Kier molecular flexibility index (Phi) is 5.90. The van der Waals surface area contributed by atoms with Crippen molar-refractivity contribution >= 4 is 11.8 Å². The van der Waals surface area contributed by atoms with E-state index in [4.69, 9.17) is 10.6 Å². The summed E-state index contributed by atoms with van der Waals surface area (Å²) in [6.07, 6.45) is 0. The molecule has 136 valence electrons. The van der Waals surface area contributed by atoms with Gasteiger partial charge in [0, 0.05) is 11.3 Å². The molecule has 2 aromatic carbocycles. The van der Waals surface area contributed by atoms with Crippen molar-refractivity contribution < 1.29 is 18.3 Å². The fourth-order valence-electron chi connectivity index (χ4n) is 2.17. The standard InChI is InChI=1S/C17H16F2N4O2S/c18-16(19)25-14-8-6-12(7-9-14)15-21-22-17(23(15)20)26-11-10-24-13-4-2-1-3-5-13/h1-9,16H,10-11,20H2. The third-order valence-corrected chi connectivity index (χ3v) is 4.24. The summed E-state index contributed by atoms with van der Waals surface area (Å²) in [5, 5.41) is 8.63. The predicted octanol–water partition coefficient (Wildman–Crippen LogP) is 3.43. The molecule has 2 N–H and O–H groups in total. The van der Waals surface area contributed by atoms with Gasteiger partial charge in [-0.1, -0.05) is 30.0 Å². The zero-order chi connectivity index (χ0) is 18.4. The van der Waals surface area contributed by atoms with Gasteiger partial charge in [-0.3, -0.25) is 0 Å². The van der Waals surface area contributed by atoms with Gasteiger partial charge in [-0.25, -0.2) is 4.68 Å². The second-order valence-corrected chi connectivity index (χ2v) is 6.15. The summed E-state index contributed by atoms with van der Waals surface area (Å²) >= 11 is 1.41. The summed E-state index contributed by atoms with van der Waals surface area (Å²) in [5.41, 5.74) is 0.647. The Morgan fingerprint density at radius 3 is 2.42 bits per heavy atom. The second kappa shape index (κ2) is 8.52. The summed E-state index contributed by atoms with van der Waals surface area (Å²) in [5.74, 6) is 7.97. The Bertz CT molecular complexity index is 829. The van der Waals surface area contributed by atoms with Gasteiger partial charge in [0.25, 0.3) is 0 Å². The molecule has 0 saturated heterocycles. The second-order valence-electron chi connectivity index (χ2n) is 5.09. The van der Waals surface area contributed by atoms with Crippen molar-refractivity contribution in [1.29, 1.82) is 0 Å². The normalized spacial score (nSPS) is 10.9. The molecule has 26 heavy (non-hydrogen) atoms. The predicted molar refractivity (Wildman–Crippen MR) is 94.9 cm³/mol. The maximum Gasteiger partial charge on any atom is 0.387 e. The molecule has 1 aromatic heterocycles. The third-order valence-electron chi connectivity index (χ3n) is 3.33. The molecule has 0 radical (unpaired) electrons. The first kappa shape index (κ1) is 18.0. The van der Waals surface area contributed by atoms with Crippen molar-refractivity contribution in [1.82, 2.24) is 14.9 Å². The number of alkyl halides is 2. The van der Waals surface area contributed by atoms with E-state index in [0.717, 1.165) is 5.75 Å². The van der Waals surface area contributed by atoms with E-state index in [9.17, 15) is 8.78 Å². The van der Waals surface area contributed by atoms with Crippen molar-refractivity contribution in [3.63, 3.8) is 0 Å². The van der Waals surface area contributed by atoms with Gasteiger partial charge in [0.15, 0.2) is 5.82 Å². The lowest BCUT2D eigenvalue weighted by Crippen LogP contribution is -2.12. The number of nitrogen functional groups attached to an aromatic ring is 1. The molecule has 0 atom stereocenters. The number of halogens is 2. The van der Waals surface area contributed by atoms with Crippen molar-refractivity contribution in [2.24, 2.45) is 0 Å². The number of ether oxygens (including phenoxy) is 2. The summed E-state index contributed by atoms with van der Waals surface area (Å²) < 4.78 is 35.7. The lowest BCUT2D eigenvalue weighted by atomic mass is 10.2. The minimum absolute atomic E-state index is 0.0690. The maximum absolute atomic E-state index is 12.2. The van der Waals surface area contributed by atoms with Crippen LogP contribution in [0.4, 0.5) is 8.78 Å². The maximum atomic E-state index is 12.2. The van der Waals surface area contributed by atoms with Crippen LogP contribution in [0.15, 0.2) is 59.8 Å². The number of hydrogen-bond donors (Lipinski definition) is 1. The highest BCUT2D eigenvalue weighted by atomic mass is 32.2. The monoisotopic (exact) mass is 378 g/mol. The van der Waals surface area contributed by atoms with E-state index >= 15 is 0 Å². The molecule has 0 saturated carbocycles. The molecule has 1 heterocycles. The van der Waals surface area contributed by atoms with E-state index in [2.05, 4.69) is 14.9 Å². The third kappa shape index (κ3) is 4.63. The van der Waals surface area contributed by atoms with Crippen LogP contribution >= 0.6 is 11.8 Å². The highest BCUT2D eigenvalue weighted by Crippen LogP contribution is 2.24. The van der Waals surface area contributed by atoms with Gasteiger partial charge in [0.1, 0.15) is 11.5 Å². The minimum Gasteiger partial charge on any atom is -0.493 e. The Labute approximate surface area is 152 Å². The van der Waals surface area contributed by atoms with Crippen LogP contribution in [0.1, 0.15) is 0 Å². The Balaban J connectivity index is 1.57. The first-order valence-corrected chi connectivity index (χ1v) is 8.68. The molecule has 0 amide bonds. The zero-order valence-corrected chi connectivity index (χ0v) is 14.4. The average molecular weight is 378 g/mol. The minimum atomic E-state index is -2.86. The van der Waals surface area contributed by atoms with Crippen LogP contribution in [-0.2, 0) is 0 Å². The molecule has 0 unspecified atom stereocenters. The van der Waals surface area contributed by atoms with Gasteiger partial charge in [-0.15, -0.1) is 10.2 Å². The molecule has 6 nitrogen and oxygen atoms in total. The number of aromatic nitrogens is 3. The van der Waals surface area contributed by atoms with E-state index in [-0.39, 0.29) is 5.75 Å². The van der Waals surface area contributed by atoms with Crippen LogP contribution in [0.5, 0.6) is 11.5 Å². The summed E-state index contributed by atoms with van der Waals surface area (Å²) in [6.45, 7) is -2.36. The van der Waals surface area contributed by atoms with Crippen molar-refractivity contribution in [3.8, 4) is 22.9 Å². The van der Waals surface area contributed by atoms with Gasteiger partial charge in [-0.2, -0.15) is 8.78 Å². The van der Waals surface area contributed by atoms with Crippen molar-refractivity contribution in [3.05, 3.63) is 54.6 Å². The molecular weight excluding hydrogens is 362 g/mol. The lowest BCUT2D eigenvalue weighted by Gasteiger charge is -2.07. The molecule has 0 aliphatic heterocycles. The first-order valence-electron chi connectivity index (χ1n) is 7.70. The van der Waals surface area contributed by atoms with Gasteiger partial charge < -0.3 is 15.3 Å². The molecule has 3 rings (SSSR count). The van der Waals surface area contributed by atoms with Crippen molar-refractivity contribution in [2.45, 2.75) is 11.8 Å². The molecule has 3 aromatic rings. The van der Waals surface area contributed by atoms with Crippen LogP contribution in [-0.4, -0.2) is 33.8 Å². The van der Waals surface area contributed by atoms with E-state index in [0.29, 0.717) is 28.9 Å². The van der Waals surface area contributed by atoms with E-state index < -0.39 is 6.61 Å². The average Bonchev–Trinajstić information content (AvgIpc) is 3.00. The summed E-state index contributed by atoms with van der Waals surface area (Å²) in [6, 6.07) is 15.5. The smallest absolute Gasteiger partial charge is 0.387 e. The van der Waals surface area contributed by atoms with Crippen LogP contribution < -0.4 is 15.3 Å². The Hall–Kier alpha value is -2.81. The van der Waals surface area contributed by atoms with E-state index in [1.807, 2.05) is 30.3 Å². The number of hydrogen-bond acceptors (Lipinski definition) is 6. The molecule has 0 aliphatic rings. The molecule has 0 aliphatic carbocycles. The van der Waals surface area contributed by atoms with Crippen molar-refractivity contribution in [2.75, 3.05) is 18.2 Å². The van der Waals surface area contributed by atoms with Gasteiger partial charge in [0.05, 0.1) is 6.61 Å². The molecule has 9 heteroatoms. The van der Waals surface area contributed by atoms with Crippen LogP contribution in [0.25, 0.3) is 11.4 Å². The van der Waals surface area contributed by atoms with Crippen LogP contribution in [0.3, 0.4) is 0 Å². The molecular formula is C17H16F2N4O2S. The van der Waals surface area contributed by atoms with Crippen LogP contribution in [0, 0.1) is 0 Å². The number of rotatable bonds is 8. The Morgan fingerprint density at radius 2 is 1.73 bits per heavy atom. The number of nitrogens with zero attached hydrogens (tertiary/aromatic N) is 3. The summed E-state index contributed by atoms with van der Waals surface area (Å²) in [7, 11) is 0. The first-order chi connectivity index (χ1) is 12.6. The molecule has 0 bridgehead atoms. The Morgan fingerprint density at radius 1 is 1.00 bits per heavy atom. The van der Waals surface area contributed by atoms with Gasteiger partial charge >= 0.3 is 6.61 Å². The number of thioether (sulfide) groups is 1. The fourth-order valence-corrected chi connectivity index (χ4v) is 2.84. The summed E-state index contributed by atoms with van der Waals surface area (Å²) in [4.78, 5) is 0. The fraction of sp³-hybridized carbons (Fsp3) is 0.176.